The third-order valence-electron chi connectivity index (χ3n) is 5.63. The number of carbonyl (C=O) groups is 1. The van der Waals surface area contributed by atoms with Gasteiger partial charge in [-0.1, -0.05) is 66.2 Å². The summed E-state index contributed by atoms with van der Waals surface area (Å²) < 4.78 is 7.62. The number of fused-ring (bicyclic) bond motifs is 1. The van der Waals surface area contributed by atoms with Gasteiger partial charge in [-0.15, -0.1) is 0 Å². The average Bonchev–Trinajstić information content (AvgIpc) is 3.10. The molecule has 0 amide bonds. The number of hydrogen-bond donors (Lipinski definition) is 2. The minimum Gasteiger partial charge on any atom is -0.494 e. The first-order valence-electron chi connectivity index (χ1n) is 10.9. The molecule has 0 unspecified atom stereocenters. The van der Waals surface area contributed by atoms with Crippen molar-refractivity contribution in [2.45, 2.75) is 33.5 Å². The summed E-state index contributed by atoms with van der Waals surface area (Å²) in [5.74, 6) is -0.0671. The number of carboxylic acids is 1. The Hall–Kier alpha value is -3.57. The molecule has 5 heteroatoms. The zero-order valence-electron chi connectivity index (χ0n) is 18.5. The Kier molecular flexibility index (Phi) is 6.57. The van der Waals surface area contributed by atoms with Crippen LogP contribution in [-0.2, 0) is 19.6 Å². The molecule has 0 saturated heterocycles. The van der Waals surface area contributed by atoms with Gasteiger partial charge in [0, 0.05) is 41.7 Å². The van der Waals surface area contributed by atoms with Gasteiger partial charge in [-0.3, -0.25) is 0 Å². The zero-order chi connectivity index (χ0) is 22.5. The summed E-state index contributed by atoms with van der Waals surface area (Å²) in [4.78, 5) is 12.4. The highest BCUT2D eigenvalue weighted by atomic mass is 16.5. The number of hydrogen-bond acceptors (Lipinski definition) is 3. The molecule has 164 valence electrons. The van der Waals surface area contributed by atoms with Crippen molar-refractivity contribution in [1.29, 1.82) is 0 Å². The molecule has 1 heterocycles. The number of benzene rings is 3. The molecular formula is C27H28N2O3. The van der Waals surface area contributed by atoms with E-state index >= 15 is 0 Å². The molecule has 0 aliphatic carbocycles. The maximum Gasteiger partial charge on any atom is 0.352 e. The van der Waals surface area contributed by atoms with Crippen molar-refractivity contribution >= 4 is 16.9 Å². The van der Waals surface area contributed by atoms with Crippen molar-refractivity contribution in [1.82, 2.24) is 9.88 Å². The normalized spacial score (nSPS) is 11.1. The van der Waals surface area contributed by atoms with Crippen LogP contribution in [0.1, 0.15) is 39.7 Å². The van der Waals surface area contributed by atoms with Crippen LogP contribution < -0.4 is 10.1 Å². The van der Waals surface area contributed by atoms with Crippen LogP contribution in [-0.4, -0.2) is 22.2 Å². The van der Waals surface area contributed by atoms with E-state index in [1.807, 2.05) is 66.9 Å². The van der Waals surface area contributed by atoms with E-state index in [2.05, 4.69) is 29.6 Å². The van der Waals surface area contributed by atoms with Gasteiger partial charge in [0.15, 0.2) is 0 Å². The van der Waals surface area contributed by atoms with Crippen molar-refractivity contribution < 1.29 is 14.6 Å². The van der Waals surface area contributed by atoms with Gasteiger partial charge in [0.25, 0.3) is 0 Å². The first kappa shape index (κ1) is 21.7. The maximum atomic E-state index is 12.4. The Morgan fingerprint density at radius 1 is 0.969 bits per heavy atom. The number of ether oxygens (including phenoxy) is 1. The number of rotatable bonds is 9. The number of nitrogens with one attached hydrogen (secondary N) is 1. The molecule has 1 aromatic heterocycles. The van der Waals surface area contributed by atoms with E-state index in [9.17, 15) is 9.90 Å². The minimum atomic E-state index is -0.917. The van der Waals surface area contributed by atoms with Crippen LogP contribution in [0.4, 0.5) is 0 Å². The Bertz CT molecular complexity index is 1230. The van der Waals surface area contributed by atoms with E-state index in [1.54, 1.807) is 0 Å². The summed E-state index contributed by atoms with van der Waals surface area (Å²) in [6.45, 7) is 6.16. The van der Waals surface area contributed by atoms with E-state index in [-0.39, 0.29) is 0 Å². The van der Waals surface area contributed by atoms with Crippen molar-refractivity contribution in [3.8, 4) is 5.75 Å². The first-order chi connectivity index (χ1) is 15.6. The molecule has 5 nitrogen and oxygen atoms in total. The molecule has 0 fully saturated rings. The molecule has 3 aromatic carbocycles. The third kappa shape index (κ3) is 4.53. The Morgan fingerprint density at radius 2 is 1.69 bits per heavy atom. The van der Waals surface area contributed by atoms with Crippen molar-refractivity contribution in [3.05, 3.63) is 101 Å². The lowest BCUT2D eigenvalue weighted by molar-refractivity contribution is 0.0684. The number of aromatic carboxylic acids is 1. The molecule has 0 aliphatic rings. The molecule has 0 spiro atoms. The van der Waals surface area contributed by atoms with Gasteiger partial charge in [0.2, 0.25) is 0 Å². The number of nitrogens with zero attached hydrogens (tertiary/aromatic N) is 1. The fraction of sp³-hybridized carbons (Fsp3) is 0.222. The summed E-state index contributed by atoms with van der Waals surface area (Å²) in [5.41, 5.74) is 5.36. The second kappa shape index (κ2) is 9.71. The summed E-state index contributed by atoms with van der Waals surface area (Å²) >= 11 is 0. The zero-order valence-corrected chi connectivity index (χ0v) is 18.5. The summed E-state index contributed by atoms with van der Waals surface area (Å²) in [6.07, 6.45) is 0. The largest absolute Gasteiger partial charge is 0.494 e. The topological polar surface area (TPSA) is 63.5 Å². The predicted molar refractivity (Wildman–Crippen MR) is 127 cm³/mol. The maximum absolute atomic E-state index is 12.4. The van der Waals surface area contributed by atoms with Gasteiger partial charge in [0.05, 0.1) is 6.61 Å². The van der Waals surface area contributed by atoms with Gasteiger partial charge in [-0.25, -0.2) is 4.79 Å². The summed E-state index contributed by atoms with van der Waals surface area (Å²) in [7, 11) is 0. The quantitative estimate of drug-likeness (QED) is 0.375. The van der Waals surface area contributed by atoms with Gasteiger partial charge in [0.1, 0.15) is 11.4 Å². The number of para-hydroxylation sites is 2. The second-order valence-electron chi connectivity index (χ2n) is 7.87. The molecule has 4 rings (SSSR count). The average molecular weight is 429 g/mol. The summed E-state index contributed by atoms with van der Waals surface area (Å²) in [5, 5.41) is 14.5. The molecular weight excluding hydrogens is 400 g/mol. The lowest BCUT2D eigenvalue weighted by atomic mass is 10.1. The third-order valence-corrected chi connectivity index (χ3v) is 5.63. The lowest BCUT2D eigenvalue weighted by Gasteiger charge is -2.12. The summed E-state index contributed by atoms with van der Waals surface area (Å²) in [6, 6.07) is 24.0. The molecule has 0 atom stereocenters. The van der Waals surface area contributed by atoms with Crippen molar-refractivity contribution in [2.24, 2.45) is 0 Å². The highest BCUT2D eigenvalue weighted by molar-refractivity contribution is 5.98. The van der Waals surface area contributed by atoms with Gasteiger partial charge in [-0.2, -0.15) is 0 Å². The Morgan fingerprint density at radius 3 is 2.44 bits per heavy atom. The number of aromatic nitrogens is 1. The number of aryl methyl sites for hydroxylation is 1. The smallest absolute Gasteiger partial charge is 0.352 e. The van der Waals surface area contributed by atoms with Crippen LogP contribution in [0.2, 0.25) is 0 Å². The fourth-order valence-electron chi connectivity index (χ4n) is 4.11. The van der Waals surface area contributed by atoms with E-state index in [1.165, 1.54) is 5.56 Å². The van der Waals surface area contributed by atoms with Crippen LogP contribution in [0.25, 0.3) is 10.9 Å². The first-order valence-corrected chi connectivity index (χ1v) is 10.9. The molecule has 0 radical (unpaired) electrons. The van der Waals surface area contributed by atoms with E-state index < -0.39 is 5.97 Å². The molecule has 0 aliphatic heterocycles. The SMILES string of the molecule is CCOc1ccccc1CNCc1c(C(=O)O)n(Cc2ccc(C)cc2)c2ccccc12. The van der Waals surface area contributed by atoms with E-state index in [4.69, 9.17) is 4.74 Å². The Balaban J connectivity index is 1.66. The monoisotopic (exact) mass is 428 g/mol. The van der Waals surface area contributed by atoms with Crippen LogP contribution in [0.15, 0.2) is 72.8 Å². The lowest BCUT2D eigenvalue weighted by Crippen LogP contribution is -2.17. The second-order valence-corrected chi connectivity index (χ2v) is 7.87. The van der Waals surface area contributed by atoms with Crippen LogP contribution >= 0.6 is 0 Å². The number of carboxylic acid groups (broad SMARTS) is 1. The highest BCUT2D eigenvalue weighted by Crippen LogP contribution is 2.28. The van der Waals surface area contributed by atoms with Crippen molar-refractivity contribution in [2.75, 3.05) is 6.61 Å². The van der Waals surface area contributed by atoms with E-state index in [0.29, 0.717) is 31.9 Å². The highest BCUT2D eigenvalue weighted by Gasteiger charge is 2.22. The van der Waals surface area contributed by atoms with Gasteiger partial charge < -0.3 is 19.7 Å². The van der Waals surface area contributed by atoms with Crippen LogP contribution in [0.3, 0.4) is 0 Å². The van der Waals surface area contributed by atoms with Crippen LogP contribution in [0.5, 0.6) is 5.75 Å². The molecule has 2 N–H and O–H groups in total. The predicted octanol–water partition coefficient (Wildman–Crippen LogP) is 5.38. The fourth-order valence-corrected chi connectivity index (χ4v) is 4.11. The molecule has 0 saturated carbocycles. The molecule has 4 aromatic rings. The van der Waals surface area contributed by atoms with E-state index in [0.717, 1.165) is 33.3 Å². The van der Waals surface area contributed by atoms with Crippen LogP contribution in [0, 0.1) is 6.92 Å². The Labute approximate surface area is 188 Å². The van der Waals surface area contributed by atoms with Gasteiger partial charge in [-0.05, 0) is 31.5 Å². The van der Waals surface area contributed by atoms with Crippen molar-refractivity contribution in [3.63, 3.8) is 0 Å². The molecule has 0 bridgehead atoms. The minimum absolute atomic E-state index is 0.331. The standard InChI is InChI=1S/C27H28N2O3/c1-3-32-25-11-7-4-8-21(25)16-28-17-23-22-9-5-6-10-24(22)29(26(23)27(30)31)18-20-14-12-19(2)13-15-20/h4-15,28H,3,16-18H2,1-2H3,(H,30,31). The van der Waals surface area contributed by atoms with Gasteiger partial charge >= 0.3 is 5.97 Å². The molecule has 32 heavy (non-hydrogen) atoms.